The number of aromatic nitrogens is 2. The lowest BCUT2D eigenvalue weighted by atomic mass is 10.0. The first-order valence-electron chi connectivity index (χ1n) is 8.42. The van der Waals surface area contributed by atoms with Crippen LogP contribution in [0.4, 0.5) is 0 Å². The van der Waals surface area contributed by atoms with Crippen LogP contribution >= 0.6 is 0 Å². The van der Waals surface area contributed by atoms with Crippen LogP contribution < -0.4 is 5.32 Å². The van der Waals surface area contributed by atoms with Crippen molar-refractivity contribution < 1.29 is 9.59 Å². The van der Waals surface area contributed by atoms with Crippen LogP contribution in [0, 0.1) is 0 Å². The quantitative estimate of drug-likeness (QED) is 0.697. The highest BCUT2D eigenvalue weighted by molar-refractivity contribution is 6.76. The van der Waals surface area contributed by atoms with Gasteiger partial charge in [-0.3, -0.25) is 4.79 Å². The van der Waals surface area contributed by atoms with Gasteiger partial charge in [0.1, 0.15) is 10.8 Å². The van der Waals surface area contributed by atoms with Gasteiger partial charge in [0.15, 0.2) is 0 Å². The summed E-state index contributed by atoms with van der Waals surface area (Å²) in [5.74, 6) is -0.184. The van der Waals surface area contributed by atoms with Gasteiger partial charge in [0.2, 0.25) is 14.2 Å². The average molecular weight is 351 g/mol. The smallest absolute Gasteiger partial charge is 0.249 e. The van der Waals surface area contributed by atoms with Gasteiger partial charge in [0, 0.05) is 22.7 Å². The van der Waals surface area contributed by atoms with Crippen molar-refractivity contribution in [2.24, 2.45) is 0 Å². The normalized spacial score (nSPS) is 21.7. The lowest BCUT2D eigenvalue weighted by Crippen LogP contribution is -2.66. The third-order valence-corrected chi connectivity index (χ3v) is 8.01. The summed E-state index contributed by atoms with van der Waals surface area (Å²) < 4.78 is 1.98. The molecule has 0 radical (unpaired) electrons. The molecule has 2 aromatic heterocycles. The number of amides is 1. The number of pyridine rings is 1. The van der Waals surface area contributed by atoms with E-state index in [4.69, 9.17) is 0 Å². The molecule has 0 aliphatic carbocycles. The summed E-state index contributed by atoms with van der Waals surface area (Å²) in [6.45, 7) is 7.54. The Kier molecular flexibility index (Phi) is 3.39. The van der Waals surface area contributed by atoms with Crippen molar-refractivity contribution in [1.29, 1.82) is 0 Å². The van der Waals surface area contributed by atoms with Gasteiger partial charge >= 0.3 is 0 Å². The van der Waals surface area contributed by atoms with E-state index in [1.807, 2.05) is 54.1 Å². The summed E-state index contributed by atoms with van der Waals surface area (Å²) in [6.07, 6.45) is 2.90. The van der Waals surface area contributed by atoms with Crippen molar-refractivity contribution in [2.45, 2.75) is 31.1 Å². The molecule has 2 N–H and O–H groups in total. The predicted octanol–water partition coefficient (Wildman–Crippen LogP) is 3.05. The van der Waals surface area contributed by atoms with Gasteiger partial charge in [-0.1, -0.05) is 24.8 Å². The van der Waals surface area contributed by atoms with E-state index >= 15 is 0 Å². The molecule has 4 rings (SSSR count). The number of nitrogens with zero attached hydrogens (tertiary/aromatic N) is 2. The Morgan fingerprint density at radius 1 is 1.24 bits per heavy atom. The fraction of sp³-hybridized carbons (Fsp3) is 0.263. The van der Waals surface area contributed by atoms with E-state index in [1.165, 1.54) is 0 Å². The summed E-state index contributed by atoms with van der Waals surface area (Å²) in [7, 11) is -2.97. The van der Waals surface area contributed by atoms with Crippen LogP contribution in [0.2, 0.25) is 13.1 Å². The minimum absolute atomic E-state index is 0.184. The highest BCUT2D eigenvalue weighted by atomic mass is 28.4. The number of hydrogen-bond acceptors (Lipinski definition) is 3. The number of carbonyl (C=O) groups excluding carboxylic acids is 1. The lowest BCUT2D eigenvalue weighted by Gasteiger charge is -2.45. The van der Waals surface area contributed by atoms with Gasteiger partial charge in [-0.05, 0) is 44.1 Å². The number of piperidine rings is 1. The molecule has 1 atom stereocenters. The molecular formula is C19H21N3O2Si. The molecule has 1 saturated heterocycles. The maximum Gasteiger partial charge on any atom is 0.249 e. The molecule has 6 heteroatoms. The second kappa shape index (κ2) is 5.27. The van der Waals surface area contributed by atoms with Gasteiger partial charge in [-0.25, -0.2) is 4.98 Å². The summed E-state index contributed by atoms with van der Waals surface area (Å²) >= 11 is 0. The summed E-state index contributed by atoms with van der Waals surface area (Å²) in [5, 5.41) is 3.90. The Hall–Kier alpha value is -2.44. The third-order valence-electron chi connectivity index (χ3n) is 5.28. The standard InChI is InChI=1S/C19H21N3O2Si/c1-13-10-11-19(18(23)21-13,25(2,3)24)22-16-9-5-4-7-14(16)15-8-6-12-20-17(15)22/h4-9,12,24H,1,10-11H2,2-3H3,(H,21,23). The third kappa shape index (κ3) is 2.11. The molecule has 1 aliphatic rings. The predicted molar refractivity (Wildman–Crippen MR) is 101 cm³/mol. The van der Waals surface area contributed by atoms with E-state index in [-0.39, 0.29) is 5.91 Å². The SMILES string of the molecule is C=C1CCC(n2c3ccccc3c3cccnc32)([Si](C)(C)O)C(=O)N1. The maximum atomic E-state index is 13.2. The first-order valence-corrected chi connectivity index (χ1v) is 11.4. The van der Waals surface area contributed by atoms with E-state index in [1.54, 1.807) is 6.20 Å². The second-order valence-corrected chi connectivity index (χ2v) is 11.1. The number of para-hydroxylation sites is 1. The molecule has 0 spiro atoms. The van der Waals surface area contributed by atoms with Gasteiger partial charge < -0.3 is 14.7 Å². The fourth-order valence-corrected chi connectivity index (χ4v) is 6.15. The molecule has 0 saturated carbocycles. The summed E-state index contributed by atoms with van der Waals surface area (Å²) in [5.41, 5.74) is 2.36. The average Bonchev–Trinajstić information content (AvgIpc) is 2.89. The summed E-state index contributed by atoms with van der Waals surface area (Å²) in [4.78, 5) is 29.0. The molecule has 25 heavy (non-hydrogen) atoms. The molecule has 128 valence electrons. The Labute approximate surface area is 147 Å². The van der Waals surface area contributed by atoms with Crippen LogP contribution in [0.25, 0.3) is 21.9 Å². The maximum absolute atomic E-state index is 13.2. The van der Waals surface area contributed by atoms with Gasteiger partial charge in [0.05, 0.1) is 5.52 Å². The van der Waals surface area contributed by atoms with Crippen molar-refractivity contribution in [3.63, 3.8) is 0 Å². The number of rotatable bonds is 2. The van der Waals surface area contributed by atoms with Crippen molar-refractivity contribution in [3.8, 4) is 0 Å². The van der Waals surface area contributed by atoms with Crippen LogP contribution in [0.15, 0.2) is 54.9 Å². The topological polar surface area (TPSA) is 67.1 Å². The first-order chi connectivity index (χ1) is 11.9. The molecule has 3 aromatic rings. The number of benzene rings is 1. The fourth-order valence-electron chi connectivity index (χ4n) is 4.02. The molecule has 1 fully saturated rings. The van der Waals surface area contributed by atoms with Crippen LogP contribution in [0.5, 0.6) is 0 Å². The van der Waals surface area contributed by atoms with Gasteiger partial charge in [-0.2, -0.15) is 0 Å². The molecule has 3 heterocycles. The lowest BCUT2D eigenvalue weighted by molar-refractivity contribution is -0.127. The van der Waals surface area contributed by atoms with E-state index in [0.29, 0.717) is 18.5 Å². The van der Waals surface area contributed by atoms with Gasteiger partial charge in [0.25, 0.3) is 0 Å². The number of fused-ring (bicyclic) bond motifs is 3. The molecule has 1 aliphatic heterocycles. The molecule has 5 nitrogen and oxygen atoms in total. The number of carbonyl (C=O) groups is 1. The zero-order chi connectivity index (χ0) is 17.8. The number of allylic oxidation sites excluding steroid dienone is 1. The van der Waals surface area contributed by atoms with Crippen molar-refractivity contribution in [2.75, 3.05) is 0 Å². The van der Waals surface area contributed by atoms with Crippen molar-refractivity contribution in [3.05, 3.63) is 54.9 Å². The van der Waals surface area contributed by atoms with Crippen molar-refractivity contribution >= 4 is 36.2 Å². The van der Waals surface area contributed by atoms with Crippen molar-refractivity contribution in [1.82, 2.24) is 14.9 Å². The van der Waals surface area contributed by atoms with Crippen LogP contribution in [-0.2, 0) is 9.96 Å². The Bertz CT molecular complexity index is 965. The van der Waals surface area contributed by atoms with Crippen LogP contribution in [-0.4, -0.2) is 28.6 Å². The molecular weight excluding hydrogens is 330 g/mol. The molecule has 1 unspecified atom stereocenters. The Balaban J connectivity index is 2.16. The van der Waals surface area contributed by atoms with E-state index in [2.05, 4.69) is 16.9 Å². The monoisotopic (exact) mass is 351 g/mol. The number of nitrogens with one attached hydrogen (secondary N) is 1. The number of hydrogen-bond donors (Lipinski definition) is 2. The minimum atomic E-state index is -2.97. The molecule has 1 aromatic carbocycles. The molecule has 0 bridgehead atoms. The van der Waals surface area contributed by atoms with E-state index < -0.39 is 13.5 Å². The summed E-state index contributed by atoms with van der Waals surface area (Å²) in [6, 6.07) is 11.9. The highest BCUT2D eigenvalue weighted by Gasteiger charge is 2.56. The minimum Gasteiger partial charge on any atom is -0.429 e. The zero-order valence-electron chi connectivity index (χ0n) is 14.4. The van der Waals surface area contributed by atoms with E-state index in [9.17, 15) is 9.59 Å². The second-order valence-electron chi connectivity index (χ2n) is 7.20. The van der Waals surface area contributed by atoms with Crippen LogP contribution in [0.3, 0.4) is 0 Å². The van der Waals surface area contributed by atoms with E-state index in [0.717, 1.165) is 21.9 Å². The zero-order valence-corrected chi connectivity index (χ0v) is 15.4. The molecule has 1 amide bonds. The largest absolute Gasteiger partial charge is 0.429 e. The Morgan fingerprint density at radius 3 is 2.68 bits per heavy atom. The first kappa shape index (κ1) is 16.0. The Morgan fingerprint density at radius 2 is 1.96 bits per heavy atom. The van der Waals surface area contributed by atoms with Gasteiger partial charge in [-0.15, -0.1) is 0 Å². The highest BCUT2D eigenvalue weighted by Crippen LogP contribution is 2.42. The van der Waals surface area contributed by atoms with Crippen LogP contribution in [0.1, 0.15) is 12.8 Å².